The van der Waals surface area contributed by atoms with Crippen molar-refractivity contribution in [3.05, 3.63) is 48.0 Å². The van der Waals surface area contributed by atoms with E-state index < -0.39 is 28.3 Å². The van der Waals surface area contributed by atoms with Crippen LogP contribution < -0.4 is 14.8 Å². The molecule has 9 heteroatoms. The van der Waals surface area contributed by atoms with Gasteiger partial charge in [0.05, 0.1) is 30.4 Å². The fourth-order valence-electron chi connectivity index (χ4n) is 2.15. The highest BCUT2D eigenvalue weighted by Gasteiger charge is 2.14. The fraction of sp³-hybridized carbons (Fsp3) is 0.222. The first-order valence-electron chi connectivity index (χ1n) is 7.73. The van der Waals surface area contributed by atoms with E-state index in [-0.39, 0.29) is 10.5 Å². The summed E-state index contributed by atoms with van der Waals surface area (Å²) in [6.45, 7) is -0.521. The zero-order valence-corrected chi connectivity index (χ0v) is 15.8. The zero-order valence-electron chi connectivity index (χ0n) is 15.0. The van der Waals surface area contributed by atoms with Gasteiger partial charge in [0.15, 0.2) is 16.4 Å². The first kappa shape index (κ1) is 20.2. The third kappa shape index (κ3) is 5.45. The van der Waals surface area contributed by atoms with Crippen LogP contribution in [0.2, 0.25) is 0 Å². The molecule has 2 aromatic carbocycles. The van der Waals surface area contributed by atoms with Gasteiger partial charge in [-0.05, 0) is 36.4 Å². The monoisotopic (exact) mass is 393 g/mol. The Morgan fingerprint density at radius 1 is 1.00 bits per heavy atom. The number of benzene rings is 2. The molecule has 2 aromatic rings. The number of anilines is 1. The van der Waals surface area contributed by atoms with Crippen molar-refractivity contribution in [2.45, 2.75) is 4.90 Å². The summed E-state index contributed by atoms with van der Waals surface area (Å²) in [6.07, 6.45) is 1.07. The van der Waals surface area contributed by atoms with E-state index in [2.05, 4.69) is 5.32 Å². The Morgan fingerprint density at radius 2 is 1.67 bits per heavy atom. The number of carbonyl (C=O) groups excluding carboxylic acids is 2. The summed E-state index contributed by atoms with van der Waals surface area (Å²) >= 11 is 0. The van der Waals surface area contributed by atoms with Crippen LogP contribution in [-0.4, -0.2) is 47.4 Å². The van der Waals surface area contributed by atoms with Crippen LogP contribution in [0, 0.1) is 0 Å². The maximum atomic E-state index is 12.0. The molecule has 0 aliphatic heterocycles. The lowest BCUT2D eigenvalue weighted by atomic mass is 10.2. The van der Waals surface area contributed by atoms with Crippen molar-refractivity contribution in [1.82, 2.24) is 0 Å². The number of sulfone groups is 1. The molecule has 0 fully saturated rings. The Kier molecular flexibility index (Phi) is 6.40. The van der Waals surface area contributed by atoms with Gasteiger partial charge in [0.2, 0.25) is 0 Å². The number of amides is 1. The minimum absolute atomic E-state index is 0.0851. The van der Waals surface area contributed by atoms with Crippen LogP contribution in [0.5, 0.6) is 11.5 Å². The molecule has 27 heavy (non-hydrogen) atoms. The summed E-state index contributed by atoms with van der Waals surface area (Å²) in [5.41, 5.74) is 0.504. The predicted molar refractivity (Wildman–Crippen MR) is 98.0 cm³/mol. The molecule has 0 saturated carbocycles. The predicted octanol–water partition coefficient (Wildman–Crippen LogP) is 1.90. The zero-order chi connectivity index (χ0) is 20.0. The molecule has 0 radical (unpaired) electrons. The second-order valence-electron chi connectivity index (χ2n) is 5.49. The summed E-state index contributed by atoms with van der Waals surface area (Å²) in [4.78, 5) is 24.1. The average molecular weight is 393 g/mol. The average Bonchev–Trinajstić information content (AvgIpc) is 2.65. The Balaban J connectivity index is 1.98. The molecule has 0 atom stereocenters. The van der Waals surface area contributed by atoms with Crippen LogP contribution in [0.15, 0.2) is 47.4 Å². The lowest BCUT2D eigenvalue weighted by molar-refractivity contribution is -0.119. The van der Waals surface area contributed by atoms with E-state index in [1.807, 2.05) is 0 Å². The van der Waals surface area contributed by atoms with Crippen molar-refractivity contribution in [3.63, 3.8) is 0 Å². The highest BCUT2D eigenvalue weighted by atomic mass is 32.2. The number of carbonyl (C=O) groups is 2. The molecule has 0 heterocycles. The SMILES string of the molecule is COc1ccc(OC)c(NC(=O)COC(=O)c2ccc(S(C)(=O)=O)cc2)c1. The molecular formula is C18H19NO7S. The summed E-state index contributed by atoms with van der Waals surface area (Å²) < 4.78 is 38.0. The molecule has 2 rings (SSSR count). The summed E-state index contributed by atoms with van der Waals surface area (Å²) in [7, 11) is -0.410. The number of rotatable bonds is 7. The van der Waals surface area contributed by atoms with Crippen LogP contribution >= 0.6 is 0 Å². The Bertz CT molecular complexity index is 937. The maximum absolute atomic E-state index is 12.0. The van der Waals surface area contributed by atoms with Crippen molar-refractivity contribution in [3.8, 4) is 11.5 Å². The molecule has 0 aliphatic rings. The van der Waals surface area contributed by atoms with Crippen LogP contribution in [0.25, 0.3) is 0 Å². The number of esters is 1. The van der Waals surface area contributed by atoms with E-state index in [4.69, 9.17) is 14.2 Å². The Labute approximate surface area is 157 Å². The third-order valence-corrected chi connectivity index (χ3v) is 4.66. The number of hydrogen-bond acceptors (Lipinski definition) is 7. The highest BCUT2D eigenvalue weighted by Crippen LogP contribution is 2.28. The van der Waals surface area contributed by atoms with Crippen molar-refractivity contribution < 1.29 is 32.2 Å². The molecule has 8 nitrogen and oxygen atoms in total. The minimum atomic E-state index is -3.36. The van der Waals surface area contributed by atoms with Crippen molar-refractivity contribution in [2.75, 3.05) is 32.4 Å². The molecule has 0 bridgehead atoms. The second-order valence-corrected chi connectivity index (χ2v) is 7.50. The van der Waals surface area contributed by atoms with Gasteiger partial charge in [-0.1, -0.05) is 0 Å². The second kappa shape index (κ2) is 8.54. The lowest BCUT2D eigenvalue weighted by Gasteiger charge is -2.12. The number of nitrogens with one attached hydrogen (secondary N) is 1. The van der Waals surface area contributed by atoms with Gasteiger partial charge in [0, 0.05) is 12.3 Å². The van der Waals surface area contributed by atoms with E-state index in [0.717, 1.165) is 6.26 Å². The molecule has 0 spiro atoms. The van der Waals surface area contributed by atoms with Gasteiger partial charge >= 0.3 is 5.97 Å². The molecule has 1 amide bonds. The van der Waals surface area contributed by atoms with Crippen LogP contribution in [-0.2, 0) is 19.4 Å². The molecule has 0 unspecified atom stereocenters. The first-order chi connectivity index (χ1) is 12.7. The van der Waals surface area contributed by atoms with E-state index in [1.165, 1.54) is 38.5 Å². The van der Waals surface area contributed by atoms with Gasteiger partial charge < -0.3 is 19.5 Å². The van der Waals surface area contributed by atoms with Crippen LogP contribution in [0.3, 0.4) is 0 Å². The Morgan fingerprint density at radius 3 is 2.22 bits per heavy atom. The van der Waals surface area contributed by atoms with Gasteiger partial charge in [-0.2, -0.15) is 0 Å². The van der Waals surface area contributed by atoms with Crippen molar-refractivity contribution >= 4 is 27.4 Å². The normalized spacial score (nSPS) is 10.8. The lowest BCUT2D eigenvalue weighted by Crippen LogP contribution is -2.21. The first-order valence-corrected chi connectivity index (χ1v) is 9.63. The molecule has 0 aromatic heterocycles. The molecule has 0 aliphatic carbocycles. The van der Waals surface area contributed by atoms with Gasteiger partial charge in [-0.15, -0.1) is 0 Å². The smallest absolute Gasteiger partial charge is 0.338 e. The summed E-state index contributed by atoms with van der Waals surface area (Å²) in [6, 6.07) is 10.1. The third-order valence-electron chi connectivity index (χ3n) is 3.53. The van der Waals surface area contributed by atoms with Crippen molar-refractivity contribution in [1.29, 1.82) is 0 Å². The van der Waals surface area contributed by atoms with Crippen LogP contribution in [0.1, 0.15) is 10.4 Å². The maximum Gasteiger partial charge on any atom is 0.338 e. The van der Waals surface area contributed by atoms with Gasteiger partial charge in [-0.3, -0.25) is 4.79 Å². The molecule has 144 valence electrons. The topological polar surface area (TPSA) is 108 Å². The number of ether oxygens (including phenoxy) is 3. The van der Waals surface area contributed by atoms with Gasteiger partial charge in [-0.25, -0.2) is 13.2 Å². The highest BCUT2D eigenvalue weighted by molar-refractivity contribution is 7.90. The standard InChI is InChI=1S/C18H19NO7S/c1-24-13-6-9-16(25-2)15(10-13)19-17(20)11-26-18(21)12-4-7-14(8-5-12)27(3,22)23/h4-10H,11H2,1-3H3,(H,19,20). The van der Waals surface area contributed by atoms with Gasteiger partial charge in [0.25, 0.3) is 5.91 Å². The summed E-state index contributed by atoms with van der Waals surface area (Å²) in [5.74, 6) is -0.369. The molecule has 0 saturated heterocycles. The minimum Gasteiger partial charge on any atom is -0.497 e. The molecular weight excluding hydrogens is 374 g/mol. The van der Waals surface area contributed by atoms with E-state index in [9.17, 15) is 18.0 Å². The van der Waals surface area contributed by atoms with Crippen LogP contribution in [0.4, 0.5) is 5.69 Å². The largest absolute Gasteiger partial charge is 0.497 e. The summed E-state index contributed by atoms with van der Waals surface area (Å²) in [5, 5.41) is 2.57. The van der Waals surface area contributed by atoms with Gasteiger partial charge in [0.1, 0.15) is 11.5 Å². The quantitative estimate of drug-likeness (QED) is 0.716. The molecule has 1 N–H and O–H groups in total. The number of methoxy groups -OCH3 is 2. The Hall–Kier alpha value is -3.07. The van der Waals surface area contributed by atoms with Crippen molar-refractivity contribution in [2.24, 2.45) is 0 Å². The van der Waals surface area contributed by atoms with E-state index >= 15 is 0 Å². The van der Waals surface area contributed by atoms with E-state index in [1.54, 1.807) is 18.2 Å². The number of hydrogen-bond donors (Lipinski definition) is 1. The fourth-order valence-corrected chi connectivity index (χ4v) is 2.78. The van der Waals surface area contributed by atoms with E-state index in [0.29, 0.717) is 17.2 Å².